The quantitative estimate of drug-likeness (QED) is 0.903. The van der Waals surface area contributed by atoms with E-state index in [-0.39, 0.29) is 0 Å². The van der Waals surface area contributed by atoms with Crippen molar-refractivity contribution in [2.24, 2.45) is 0 Å². The molecule has 1 aromatic carbocycles. The first-order chi connectivity index (χ1) is 8.49. The molecule has 0 amide bonds. The number of nitrogens with one attached hydrogen (secondary N) is 1. The van der Waals surface area contributed by atoms with Gasteiger partial charge in [-0.25, -0.2) is 9.97 Å². The van der Waals surface area contributed by atoms with Crippen molar-refractivity contribution in [2.75, 3.05) is 5.32 Å². The van der Waals surface area contributed by atoms with E-state index in [4.69, 9.17) is 0 Å². The smallest absolute Gasteiger partial charge is 0.148 e. The van der Waals surface area contributed by atoms with E-state index in [2.05, 4.69) is 64.1 Å². The minimum atomic E-state index is 0.753. The lowest BCUT2D eigenvalue weighted by atomic mass is 10.0. The molecule has 1 N–H and O–H groups in total. The highest BCUT2D eigenvalue weighted by Gasteiger charge is 2.09. The van der Waals surface area contributed by atoms with Crippen molar-refractivity contribution in [3.63, 3.8) is 0 Å². The Bertz CT molecular complexity index is 594. The summed E-state index contributed by atoms with van der Waals surface area (Å²) in [6.07, 6.45) is 1.77. The van der Waals surface area contributed by atoms with E-state index in [1.807, 2.05) is 6.92 Å². The van der Waals surface area contributed by atoms with Gasteiger partial charge in [-0.3, -0.25) is 0 Å². The minimum absolute atomic E-state index is 0.753. The predicted octanol–water partition coefficient (Wildman–Crippen LogP) is 4.22. The van der Waals surface area contributed by atoms with Gasteiger partial charge in [0, 0.05) is 11.9 Å². The molecule has 0 atom stereocenters. The lowest BCUT2D eigenvalue weighted by Gasteiger charge is -2.15. The first-order valence-corrected chi connectivity index (χ1v) is 6.61. The van der Waals surface area contributed by atoms with Crippen LogP contribution in [0.25, 0.3) is 0 Å². The molecule has 0 aliphatic carbocycles. The van der Waals surface area contributed by atoms with Gasteiger partial charge in [-0.05, 0) is 60.3 Å². The first kappa shape index (κ1) is 13.0. The maximum atomic E-state index is 4.41. The van der Waals surface area contributed by atoms with Crippen LogP contribution in [-0.4, -0.2) is 9.97 Å². The van der Waals surface area contributed by atoms with E-state index in [0.29, 0.717) is 0 Å². The molecular weight excluding hydrogens is 290 g/mol. The number of aromatic nitrogens is 2. The van der Waals surface area contributed by atoms with Gasteiger partial charge in [0.25, 0.3) is 0 Å². The summed E-state index contributed by atoms with van der Waals surface area (Å²) in [7, 11) is 0. The van der Waals surface area contributed by atoms with E-state index in [9.17, 15) is 0 Å². The molecule has 94 valence electrons. The summed E-state index contributed by atoms with van der Waals surface area (Å²) in [5.41, 5.74) is 4.85. The highest BCUT2D eigenvalue weighted by atomic mass is 79.9. The third-order valence-electron chi connectivity index (χ3n) is 3.05. The second-order valence-electron chi connectivity index (χ2n) is 4.44. The highest BCUT2D eigenvalue weighted by Crippen LogP contribution is 2.29. The molecule has 0 spiro atoms. The zero-order valence-corrected chi connectivity index (χ0v) is 12.6. The number of benzene rings is 1. The summed E-state index contributed by atoms with van der Waals surface area (Å²) in [5.74, 6) is 1.56. The van der Waals surface area contributed by atoms with Gasteiger partial charge in [-0.15, -0.1) is 0 Å². The molecule has 0 bridgehead atoms. The largest absolute Gasteiger partial charge is 0.339 e. The lowest BCUT2D eigenvalue weighted by Crippen LogP contribution is -2.02. The zero-order chi connectivity index (χ0) is 13.3. The van der Waals surface area contributed by atoms with Crippen LogP contribution < -0.4 is 5.32 Å². The molecule has 1 aromatic heterocycles. The van der Waals surface area contributed by atoms with Crippen LogP contribution in [0, 0.1) is 27.7 Å². The van der Waals surface area contributed by atoms with Gasteiger partial charge in [0.15, 0.2) is 0 Å². The molecule has 0 fully saturated rings. The van der Waals surface area contributed by atoms with Crippen LogP contribution in [0.1, 0.15) is 22.5 Å². The van der Waals surface area contributed by atoms with Crippen molar-refractivity contribution in [1.82, 2.24) is 9.97 Å². The Kier molecular flexibility index (Phi) is 3.66. The molecule has 2 rings (SSSR count). The lowest BCUT2D eigenvalue weighted by molar-refractivity contribution is 1.04. The Morgan fingerprint density at radius 1 is 1.06 bits per heavy atom. The first-order valence-electron chi connectivity index (χ1n) is 5.82. The standard InChI is InChI=1S/C14H16BrN3/c1-8-5-6-9(2)13(10(8)3)18-14-12(15)7-16-11(4)17-14/h5-7H,1-4H3,(H,16,17,18). The van der Waals surface area contributed by atoms with Crippen molar-refractivity contribution in [1.29, 1.82) is 0 Å². The molecule has 4 heteroatoms. The van der Waals surface area contributed by atoms with E-state index in [0.717, 1.165) is 21.8 Å². The second kappa shape index (κ2) is 5.06. The van der Waals surface area contributed by atoms with Gasteiger partial charge in [-0.2, -0.15) is 0 Å². The second-order valence-corrected chi connectivity index (χ2v) is 5.29. The molecule has 1 heterocycles. The number of rotatable bonds is 2. The van der Waals surface area contributed by atoms with Crippen molar-refractivity contribution >= 4 is 27.4 Å². The number of nitrogens with zero attached hydrogens (tertiary/aromatic N) is 2. The van der Waals surface area contributed by atoms with Crippen LogP contribution in [0.4, 0.5) is 11.5 Å². The summed E-state index contributed by atoms with van der Waals surface area (Å²) in [6, 6.07) is 4.25. The van der Waals surface area contributed by atoms with Crippen LogP contribution in [-0.2, 0) is 0 Å². The summed E-state index contributed by atoms with van der Waals surface area (Å²) < 4.78 is 0.869. The van der Waals surface area contributed by atoms with Gasteiger partial charge in [-0.1, -0.05) is 12.1 Å². The maximum Gasteiger partial charge on any atom is 0.148 e. The molecule has 0 aliphatic heterocycles. The number of hydrogen-bond acceptors (Lipinski definition) is 3. The number of anilines is 2. The molecule has 0 unspecified atom stereocenters. The van der Waals surface area contributed by atoms with Crippen molar-refractivity contribution in [2.45, 2.75) is 27.7 Å². The fraction of sp³-hybridized carbons (Fsp3) is 0.286. The summed E-state index contributed by atoms with van der Waals surface area (Å²) >= 11 is 3.47. The van der Waals surface area contributed by atoms with Gasteiger partial charge in [0.2, 0.25) is 0 Å². The minimum Gasteiger partial charge on any atom is -0.339 e. The Morgan fingerprint density at radius 3 is 2.44 bits per heavy atom. The van der Waals surface area contributed by atoms with Gasteiger partial charge in [0.1, 0.15) is 11.6 Å². The van der Waals surface area contributed by atoms with Crippen LogP contribution in [0.3, 0.4) is 0 Å². The fourth-order valence-electron chi connectivity index (χ4n) is 1.80. The summed E-state index contributed by atoms with van der Waals surface area (Å²) in [4.78, 5) is 8.56. The van der Waals surface area contributed by atoms with E-state index in [1.165, 1.54) is 16.7 Å². The average Bonchev–Trinajstić information content (AvgIpc) is 2.34. The van der Waals surface area contributed by atoms with E-state index >= 15 is 0 Å². The van der Waals surface area contributed by atoms with Crippen LogP contribution >= 0.6 is 15.9 Å². The summed E-state index contributed by atoms with van der Waals surface area (Å²) in [6.45, 7) is 8.21. The SMILES string of the molecule is Cc1ncc(Br)c(Nc2c(C)ccc(C)c2C)n1. The normalized spacial score (nSPS) is 10.5. The summed E-state index contributed by atoms with van der Waals surface area (Å²) in [5, 5.41) is 3.39. The van der Waals surface area contributed by atoms with Crippen LogP contribution in [0.2, 0.25) is 0 Å². The third kappa shape index (κ3) is 2.53. The van der Waals surface area contributed by atoms with Crippen LogP contribution in [0.15, 0.2) is 22.8 Å². The van der Waals surface area contributed by atoms with Crippen molar-refractivity contribution < 1.29 is 0 Å². The van der Waals surface area contributed by atoms with Gasteiger partial charge >= 0.3 is 0 Å². The number of hydrogen-bond donors (Lipinski definition) is 1. The molecular formula is C14H16BrN3. The fourth-order valence-corrected chi connectivity index (χ4v) is 2.10. The molecule has 0 saturated heterocycles. The predicted molar refractivity (Wildman–Crippen MR) is 78.4 cm³/mol. The Balaban J connectivity index is 2.46. The molecule has 18 heavy (non-hydrogen) atoms. The monoisotopic (exact) mass is 305 g/mol. The Labute approximate surface area is 116 Å². The Morgan fingerprint density at radius 2 is 1.72 bits per heavy atom. The molecule has 0 aliphatic rings. The Hall–Kier alpha value is -1.42. The molecule has 2 aromatic rings. The van der Waals surface area contributed by atoms with Gasteiger partial charge < -0.3 is 5.32 Å². The number of halogens is 1. The third-order valence-corrected chi connectivity index (χ3v) is 3.63. The van der Waals surface area contributed by atoms with Crippen LogP contribution in [0.5, 0.6) is 0 Å². The molecule has 0 saturated carbocycles. The molecule has 3 nitrogen and oxygen atoms in total. The van der Waals surface area contributed by atoms with E-state index < -0.39 is 0 Å². The topological polar surface area (TPSA) is 37.8 Å². The zero-order valence-electron chi connectivity index (χ0n) is 11.0. The highest BCUT2D eigenvalue weighted by molar-refractivity contribution is 9.10. The van der Waals surface area contributed by atoms with Gasteiger partial charge in [0.05, 0.1) is 4.47 Å². The average molecular weight is 306 g/mol. The van der Waals surface area contributed by atoms with Crippen molar-refractivity contribution in [3.8, 4) is 0 Å². The van der Waals surface area contributed by atoms with E-state index in [1.54, 1.807) is 6.20 Å². The molecule has 0 radical (unpaired) electrons. The maximum absolute atomic E-state index is 4.41. The number of aryl methyl sites for hydroxylation is 3. The van der Waals surface area contributed by atoms with Crippen molar-refractivity contribution in [3.05, 3.63) is 45.3 Å².